The van der Waals surface area contributed by atoms with Crippen LogP contribution in [-0.4, -0.2) is 35.7 Å². The van der Waals surface area contributed by atoms with Crippen molar-refractivity contribution in [2.45, 2.75) is 37.3 Å². The zero-order chi connectivity index (χ0) is 12.7. The van der Waals surface area contributed by atoms with Crippen molar-refractivity contribution in [1.82, 2.24) is 4.90 Å². The predicted octanol–water partition coefficient (Wildman–Crippen LogP) is 2.38. The molecular formula is C15H20FNO. The Morgan fingerprint density at radius 3 is 2.67 bits per heavy atom. The Morgan fingerprint density at radius 2 is 2.00 bits per heavy atom. The predicted molar refractivity (Wildman–Crippen MR) is 68.9 cm³/mol. The van der Waals surface area contributed by atoms with Crippen LogP contribution in [0, 0.1) is 11.7 Å². The number of benzene rings is 1. The summed E-state index contributed by atoms with van der Waals surface area (Å²) in [5.74, 6) is 0.485. The van der Waals surface area contributed by atoms with Crippen molar-refractivity contribution in [2.75, 3.05) is 13.7 Å². The maximum Gasteiger partial charge on any atom is 0.123 e. The van der Waals surface area contributed by atoms with E-state index in [1.54, 1.807) is 0 Å². The molecule has 1 N–H and O–H groups in total. The van der Waals surface area contributed by atoms with Gasteiger partial charge in [-0.1, -0.05) is 12.1 Å². The van der Waals surface area contributed by atoms with Gasteiger partial charge in [-0.2, -0.15) is 0 Å². The molecule has 4 atom stereocenters. The molecule has 2 nitrogen and oxygen atoms in total. The van der Waals surface area contributed by atoms with Gasteiger partial charge in [0.2, 0.25) is 0 Å². The number of aliphatic hydroxyl groups is 1. The third-order valence-electron chi connectivity index (χ3n) is 4.94. The van der Waals surface area contributed by atoms with E-state index in [0.29, 0.717) is 23.9 Å². The molecule has 0 saturated carbocycles. The normalized spacial score (nSPS) is 35.9. The molecule has 0 amide bonds. The van der Waals surface area contributed by atoms with Crippen molar-refractivity contribution in [3.8, 4) is 0 Å². The number of aliphatic hydroxyl groups excluding tert-OH is 1. The van der Waals surface area contributed by atoms with Crippen molar-refractivity contribution in [2.24, 2.45) is 5.92 Å². The lowest BCUT2D eigenvalue weighted by Gasteiger charge is -2.42. The lowest BCUT2D eigenvalue weighted by molar-refractivity contribution is 0.0592. The molecule has 2 bridgehead atoms. The monoisotopic (exact) mass is 249 g/mol. The number of rotatable bonds is 2. The molecule has 0 unspecified atom stereocenters. The SMILES string of the molecule is CN1[C@H]2CC[C@@H]1[C@@H](CO)[C@@H](c1ccc(F)cc1)C2. The van der Waals surface area contributed by atoms with Crippen LogP contribution >= 0.6 is 0 Å². The van der Waals surface area contributed by atoms with Gasteiger partial charge in [-0.05, 0) is 49.9 Å². The second kappa shape index (κ2) is 4.63. The van der Waals surface area contributed by atoms with Crippen molar-refractivity contribution < 1.29 is 9.50 Å². The quantitative estimate of drug-likeness (QED) is 0.870. The van der Waals surface area contributed by atoms with Gasteiger partial charge in [-0.25, -0.2) is 4.39 Å². The van der Waals surface area contributed by atoms with Crippen LogP contribution in [0.25, 0.3) is 0 Å². The van der Waals surface area contributed by atoms with Crippen LogP contribution in [0.1, 0.15) is 30.7 Å². The molecule has 0 spiro atoms. The Bertz CT molecular complexity index is 419. The minimum absolute atomic E-state index is 0.185. The lowest BCUT2D eigenvalue weighted by Crippen LogP contribution is -2.47. The van der Waals surface area contributed by atoms with Crippen LogP contribution in [0.4, 0.5) is 4.39 Å². The van der Waals surface area contributed by atoms with E-state index in [0.717, 1.165) is 6.42 Å². The van der Waals surface area contributed by atoms with E-state index in [4.69, 9.17) is 0 Å². The lowest BCUT2D eigenvalue weighted by atomic mass is 9.76. The Hall–Kier alpha value is -0.930. The van der Waals surface area contributed by atoms with Gasteiger partial charge in [0.25, 0.3) is 0 Å². The number of nitrogens with zero attached hydrogens (tertiary/aromatic N) is 1. The molecule has 0 radical (unpaired) electrons. The molecule has 3 heteroatoms. The molecule has 2 fully saturated rings. The van der Waals surface area contributed by atoms with Crippen LogP contribution in [0.15, 0.2) is 24.3 Å². The van der Waals surface area contributed by atoms with Crippen LogP contribution < -0.4 is 0 Å². The first kappa shape index (κ1) is 12.1. The average Bonchev–Trinajstić information content (AvgIpc) is 2.63. The first-order valence-electron chi connectivity index (χ1n) is 6.79. The Kier molecular flexibility index (Phi) is 3.12. The minimum Gasteiger partial charge on any atom is -0.396 e. The molecule has 2 aliphatic rings. The molecule has 18 heavy (non-hydrogen) atoms. The van der Waals surface area contributed by atoms with Crippen molar-refractivity contribution in [1.29, 1.82) is 0 Å². The zero-order valence-corrected chi connectivity index (χ0v) is 10.7. The topological polar surface area (TPSA) is 23.5 Å². The van der Waals surface area contributed by atoms with Gasteiger partial charge < -0.3 is 10.0 Å². The molecule has 2 aliphatic heterocycles. The van der Waals surface area contributed by atoms with Crippen LogP contribution in [0.2, 0.25) is 0 Å². The minimum atomic E-state index is -0.185. The summed E-state index contributed by atoms with van der Waals surface area (Å²) in [6.45, 7) is 0.226. The number of hydrogen-bond donors (Lipinski definition) is 1. The van der Waals surface area contributed by atoms with E-state index in [2.05, 4.69) is 11.9 Å². The Balaban J connectivity index is 1.89. The highest BCUT2D eigenvalue weighted by Gasteiger charge is 2.45. The molecule has 0 aliphatic carbocycles. The first-order chi connectivity index (χ1) is 8.70. The van der Waals surface area contributed by atoms with E-state index < -0.39 is 0 Å². The van der Waals surface area contributed by atoms with Crippen molar-refractivity contribution >= 4 is 0 Å². The summed E-state index contributed by atoms with van der Waals surface area (Å²) in [5.41, 5.74) is 1.18. The summed E-state index contributed by atoms with van der Waals surface area (Å²) in [4.78, 5) is 2.43. The number of hydrogen-bond acceptors (Lipinski definition) is 2. The number of fused-ring (bicyclic) bond motifs is 2. The average molecular weight is 249 g/mol. The summed E-state index contributed by atoms with van der Waals surface area (Å²) in [6, 6.07) is 7.95. The van der Waals surface area contributed by atoms with E-state index >= 15 is 0 Å². The molecule has 1 aromatic carbocycles. The first-order valence-corrected chi connectivity index (χ1v) is 6.79. The fourth-order valence-electron chi connectivity index (χ4n) is 3.92. The largest absolute Gasteiger partial charge is 0.396 e. The van der Waals surface area contributed by atoms with Gasteiger partial charge in [0.1, 0.15) is 5.82 Å². The van der Waals surface area contributed by atoms with E-state index in [1.165, 1.54) is 30.5 Å². The summed E-state index contributed by atoms with van der Waals surface area (Å²) < 4.78 is 13.0. The molecule has 2 heterocycles. The number of halogens is 1. The number of piperidine rings is 1. The van der Waals surface area contributed by atoms with Gasteiger partial charge >= 0.3 is 0 Å². The van der Waals surface area contributed by atoms with Gasteiger partial charge in [-0.3, -0.25) is 0 Å². The molecule has 0 aromatic heterocycles. The highest BCUT2D eigenvalue weighted by molar-refractivity contribution is 5.24. The van der Waals surface area contributed by atoms with Crippen LogP contribution in [0.5, 0.6) is 0 Å². The third-order valence-corrected chi connectivity index (χ3v) is 4.94. The summed E-state index contributed by atoms with van der Waals surface area (Å²) in [6.07, 6.45) is 3.50. The fourth-order valence-corrected chi connectivity index (χ4v) is 3.92. The van der Waals surface area contributed by atoms with Gasteiger partial charge in [0.15, 0.2) is 0 Å². The standard InChI is InChI=1S/C15H20FNO/c1-17-12-6-7-15(17)14(9-18)13(8-12)10-2-4-11(16)5-3-10/h2-5,12-15,18H,6-9H2,1H3/t12-,13+,14-,15+/m0/s1. The van der Waals surface area contributed by atoms with Gasteiger partial charge in [-0.15, -0.1) is 0 Å². The molecule has 98 valence electrons. The van der Waals surface area contributed by atoms with Gasteiger partial charge in [0, 0.05) is 24.6 Å². The fraction of sp³-hybridized carbons (Fsp3) is 0.600. The highest BCUT2D eigenvalue weighted by atomic mass is 19.1. The summed E-state index contributed by atoms with van der Waals surface area (Å²) >= 11 is 0. The molecule has 2 saturated heterocycles. The maximum absolute atomic E-state index is 13.0. The summed E-state index contributed by atoms with van der Waals surface area (Å²) in [5, 5.41) is 9.71. The van der Waals surface area contributed by atoms with Crippen molar-refractivity contribution in [3.63, 3.8) is 0 Å². The van der Waals surface area contributed by atoms with Gasteiger partial charge in [0.05, 0.1) is 0 Å². The summed E-state index contributed by atoms with van der Waals surface area (Å²) in [7, 11) is 2.17. The van der Waals surface area contributed by atoms with Crippen LogP contribution in [0.3, 0.4) is 0 Å². The van der Waals surface area contributed by atoms with E-state index in [9.17, 15) is 9.50 Å². The van der Waals surface area contributed by atoms with Crippen LogP contribution in [-0.2, 0) is 0 Å². The second-order valence-corrected chi connectivity index (χ2v) is 5.70. The zero-order valence-electron chi connectivity index (χ0n) is 10.7. The Morgan fingerprint density at radius 1 is 1.28 bits per heavy atom. The van der Waals surface area contributed by atoms with E-state index in [-0.39, 0.29) is 12.4 Å². The maximum atomic E-state index is 13.0. The van der Waals surface area contributed by atoms with Crippen molar-refractivity contribution in [3.05, 3.63) is 35.6 Å². The molecule has 1 aromatic rings. The Labute approximate surface area is 107 Å². The molecule has 3 rings (SSSR count). The second-order valence-electron chi connectivity index (χ2n) is 5.70. The smallest absolute Gasteiger partial charge is 0.123 e. The third kappa shape index (κ3) is 1.86. The van der Waals surface area contributed by atoms with E-state index in [1.807, 2.05) is 12.1 Å². The molecular weight excluding hydrogens is 229 g/mol. The highest BCUT2D eigenvalue weighted by Crippen LogP contribution is 2.45.